The lowest BCUT2D eigenvalue weighted by molar-refractivity contribution is -0.140. The summed E-state index contributed by atoms with van der Waals surface area (Å²) >= 11 is 0. The topological polar surface area (TPSA) is 87.4 Å². The lowest BCUT2D eigenvalue weighted by Crippen LogP contribution is -2.42. The van der Waals surface area contributed by atoms with E-state index in [2.05, 4.69) is 30.7 Å². The number of benzene rings is 1. The fraction of sp³-hybridized carbons (Fsp3) is 0.433. The lowest BCUT2D eigenvalue weighted by atomic mass is 9.85. The predicted molar refractivity (Wildman–Crippen MR) is 146 cm³/mol. The zero-order chi connectivity index (χ0) is 27.2. The first-order valence-corrected chi connectivity index (χ1v) is 13.2. The average Bonchev–Trinajstić information content (AvgIpc) is 3.36. The van der Waals surface area contributed by atoms with Crippen molar-refractivity contribution in [2.24, 2.45) is 0 Å². The standard InChI is InChI=1S/C30H36N4O4/c1-19-7-6-12-33-24(20(2)31-28(19)33)26(35)23-25(21-8-10-22(11-9-21)30(3,4)5)34(29(37)27(23)36)14-13-32-15-17-38-18-16-32/h6-12,25,35H,13-18H2,1-5H3/b26-23+/t25-/m0/s1. The van der Waals surface area contributed by atoms with Crippen molar-refractivity contribution in [1.29, 1.82) is 0 Å². The molecule has 8 heteroatoms. The summed E-state index contributed by atoms with van der Waals surface area (Å²) in [4.78, 5) is 35.5. The number of aryl methyl sites for hydroxylation is 2. The number of Topliss-reactive ketones (excluding diaryl/α,β-unsaturated/α-hetero) is 1. The maximum absolute atomic E-state index is 13.6. The molecule has 2 fully saturated rings. The monoisotopic (exact) mass is 516 g/mol. The van der Waals surface area contributed by atoms with Crippen LogP contribution in [0.2, 0.25) is 0 Å². The number of fused-ring (bicyclic) bond motifs is 1. The van der Waals surface area contributed by atoms with E-state index in [9.17, 15) is 14.7 Å². The minimum absolute atomic E-state index is 0.0395. The molecule has 0 unspecified atom stereocenters. The van der Waals surface area contributed by atoms with Gasteiger partial charge in [-0.2, -0.15) is 0 Å². The van der Waals surface area contributed by atoms with Gasteiger partial charge in [-0.15, -0.1) is 0 Å². The van der Waals surface area contributed by atoms with Gasteiger partial charge in [0.05, 0.1) is 30.5 Å². The Hall–Kier alpha value is -3.49. The molecule has 38 heavy (non-hydrogen) atoms. The number of likely N-dealkylation sites (tertiary alicyclic amines) is 1. The first-order valence-electron chi connectivity index (χ1n) is 13.2. The zero-order valence-corrected chi connectivity index (χ0v) is 22.8. The van der Waals surface area contributed by atoms with Gasteiger partial charge in [-0.3, -0.25) is 18.9 Å². The number of ketones is 1. The number of hydrogen-bond donors (Lipinski definition) is 1. The molecular weight excluding hydrogens is 480 g/mol. The number of rotatable bonds is 5. The van der Waals surface area contributed by atoms with Crippen LogP contribution in [0.1, 0.15) is 54.9 Å². The Labute approximate surface area is 223 Å². The number of carbonyl (C=O) groups is 2. The molecule has 5 rings (SSSR count). The highest BCUT2D eigenvalue weighted by molar-refractivity contribution is 6.46. The highest BCUT2D eigenvalue weighted by Crippen LogP contribution is 2.40. The van der Waals surface area contributed by atoms with E-state index in [1.165, 1.54) is 0 Å². The van der Waals surface area contributed by atoms with Crippen LogP contribution in [0.3, 0.4) is 0 Å². The van der Waals surface area contributed by atoms with E-state index in [0.717, 1.165) is 29.8 Å². The van der Waals surface area contributed by atoms with Crippen LogP contribution in [-0.2, 0) is 19.7 Å². The highest BCUT2D eigenvalue weighted by Gasteiger charge is 2.46. The largest absolute Gasteiger partial charge is 0.505 e. The third kappa shape index (κ3) is 4.63. The van der Waals surface area contributed by atoms with Crippen LogP contribution < -0.4 is 0 Å². The van der Waals surface area contributed by atoms with Gasteiger partial charge in [0.25, 0.3) is 11.7 Å². The van der Waals surface area contributed by atoms with Crippen molar-refractivity contribution < 1.29 is 19.4 Å². The molecule has 0 aliphatic carbocycles. The van der Waals surface area contributed by atoms with Crippen molar-refractivity contribution in [3.05, 3.63) is 76.2 Å². The van der Waals surface area contributed by atoms with Crippen LogP contribution in [0.15, 0.2) is 48.2 Å². The molecule has 0 spiro atoms. The number of amides is 1. The minimum Gasteiger partial charge on any atom is -0.505 e. The molecule has 2 aromatic heterocycles. The number of morpholine rings is 1. The first kappa shape index (κ1) is 26.1. The van der Waals surface area contributed by atoms with Crippen molar-refractivity contribution in [2.45, 2.75) is 46.1 Å². The van der Waals surface area contributed by atoms with Gasteiger partial charge in [0.1, 0.15) is 11.3 Å². The molecule has 0 radical (unpaired) electrons. The van der Waals surface area contributed by atoms with E-state index in [1.807, 2.05) is 56.4 Å². The highest BCUT2D eigenvalue weighted by atomic mass is 16.5. The Morgan fingerprint density at radius 1 is 1.05 bits per heavy atom. The Morgan fingerprint density at radius 2 is 1.74 bits per heavy atom. The smallest absolute Gasteiger partial charge is 0.295 e. The maximum Gasteiger partial charge on any atom is 0.295 e. The molecule has 200 valence electrons. The molecule has 1 atom stereocenters. The summed E-state index contributed by atoms with van der Waals surface area (Å²) in [5.74, 6) is -1.46. The molecule has 3 aromatic rings. The second-order valence-electron chi connectivity index (χ2n) is 11.2. The fourth-order valence-electron chi connectivity index (χ4n) is 5.43. The lowest BCUT2D eigenvalue weighted by Gasteiger charge is -2.31. The van der Waals surface area contributed by atoms with E-state index in [1.54, 1.807) is 9.30 Å². The number of nitrogens with zero attached hydrogens (tertiary/aromatic N) is 4. The number of aliphatic hydroxyl groups is 1. The molecule has 1 aromatic carbocycles. The van der Waals surface area contributed by atoms with Gasteiger partial charge >= 0.3 is 0 Å². The average molecular weight is 517 g/mol. The van der Waals surface area contributed by atoms with Crippen LogP contribution in [0.4, 0.5) is 0 Å². The second-order valence-corrected chi connectivity index (χ2v) is 11.2. The minimum atomic E-state index is -0.695. The van der Waals surface area contributed by atoms with Gasteiger partial charge in [0.15, 0.2) is 5.76 Å². The molecule has 0 bridgehead atoms. The molecule has 2 aliphatic rings. The first-order chi connectivity index (χ1) is 18.1. The quantitative estimate of drug-likeness (QED) is 0.313. The van der Waals surface area contributed by atoms with Gasteiger partial charge < -0.3 is 14.7 Å². The molecule has 1 N–H and O–H groups in total. The van der Waals surface area contributed by atoms with Crippen molar-refractivity contribution >= 4 is 23.1 Å². The Bertz CT molecular complexity index is 1410. The van der Waals surface area contributed by atoms with Crippen molar-refractivity contribution in [2.75, 3.05) is 39.4 Å². The summed E-state index contributed by atoms with van der Waals surface area (Å²) < 4.78 is 7.25. The summed E-state index contributed by atoms with van der Waals surface area (Å²) in [7, 11) is 0. The van der Waals surface area contributed by atoms with E-state index < -0.39 is 17.7 Å². The van der Waals surface area contributed by atoms with Gasteiger partial charge in [0.2, 0.25) is 0 Å². The fourth-order valence-corrected chi connectivity index (χ4v) is 5.43. The molecular formula is C30H36N4O4. The molecule has 1 amide bonds. The van der Waals surface area contributed by atoms with E-state index >= 15 is 0 Å². The molecule has 0 saturated carbocycles. The van der Waals surface area contributed by atoms with Gasteiger partial charge in [0, 0.05) is 32.4 Å². The predicted octanol–water partition coefficient (Wildman–Crippen LogP) is 4.00. The Kier molecular flexibility index (Phi) is 6.88. The number of pyridine rings is 1. The summed E-state index contributed by atoms with van der Waals surface area (Å²) in [5, 5.41) is 11.7. The van der Waals surface area contributed by atoms with Gasteiger partial charge in [-0.05, 0) is 42.0 Å². The summed E-state index contributed by atoms with van der Waals surface area (Å²) in [5.41, 5.74) is 4.70. The van der Waals surface area contributed by atoms with Crippen molar-refractivity contribution in [3.8, 4) is 0 Å². The third-order valence-electron chi connectivity index (χ3n) is 7.64. The SMILES string of the molecule is Cc1nc2c(C)cccn2c1/C(O)=C1\C(=O)C(=O)N(CCN2CCOCC2)[C@H]1c1ccc(C(C)(C)C)cc1. The number of ether oxygens (including phenoxy) is 1. The van der Waals surface area contributed by atoms with Crippen LogP contribution in [0.25, 0.3) is 11.4 Å². The second kappa shape index (κ2) is 10.0. The molecule has 2 saturated heterocycles. The van der Waals surface area contributed by atoms with Crippen LogP contribution in [0, 0.1) is 13.8 Å². The number of carbonyl (C=O) groups excluding carboxylic acids is 2. The number of aliphatic hydroxyl groups excluding tert-OH is 1. The van der Waals surface area contributed by atoms with E-state index in [0.29, 0.717) is 43.3 Å². The molecule has 2 aliphatic heterocycles. The molecule has 8 nitrogen and oxygen atoms in total. The summed E-state index contributed by atoms with van der Waals surface area (Å²) in [6.07, 6.45) is 1.82. The van der Waals surface area contributed by atoms with Crippen molar-refractivity contribution in [3.63, 3.8) is 0 Å². The van der Waals surface area contributed by atoms with Crippen LogP contribution in [-0.4, -0.2) is 75.4 Å². The molecule has 4 heterocycles. The maximum atomic E-state index is 13.6. The Balaban J connectivity index is 1.62. The van der Waals surface area contributed by atoms with E-state index in [4.69, 9.17) is 4.74 Å². The number of imidazole rings is 1. The zero-order valence-electron chi connectivity index (χ0n) is 22.8. The number of aromatic nitrogens is 2. The summed E-state index contributed by atoms with van der Waals surface area (Å²) in [6, 6.07) is 11.2. The van der Waals surface area contributed by atoms with Gasteiger partial charge in [-0.25, -0.2) is 4.98 Å². The Morgan fingerprint density at radius 3 is 2.39 bits per heavy atom. The third-order valence-corrected chi connectivity index (χ3v) is 7.64. The normalized spacial score (nSPS) is 20.6. The van der Waals surface area contributed by atoms with Crippen LogP contribution >= 0.6 is 0 Å². The van der Waals surface area contributed by atoms with E-state index in [-0.39, 0.29) is 16.7 Å². The summed E-state index contributed by atoms with van der Waals surface area (Å²) in [6.45, 7) is 14.1. The van der Waals surface area contributed by atoms with Crippen LogP contribution in [0.5, 0.6) is 0 Å². The van der Waals surface area contributed by atoms with Crippen molar-refractivity contribution in [1.82, 2.24) is 19.2 Å². The number of hydrogen-bond acceptors (Lipinski definition) is 6. The van der Waals surface area contributed by atoms with Gasteiger partial charge in [-0.1, -0.05) is 51.1 Å².